The predicted molar refractivity (Wildman–Crippen MR) is 122 cm³/mol. The van der Waals surface area contributed by atoms with Crippen LogP contribution in [0.1, 0.15) is 35.7 Å². The second-order valence-electron chi connectivity index (χ2n) is 8.46. The normalized spacial score (nSPS) is 18.6. The molecule has 9 heteroatoms. The Labute approximate surface area is 190 Å². The Morgan fingerprint density at radius 3 is 2.79 bits per heavy atom. The van der Waals surface area contributed by atoms with Gasteiger partial charge in [0, 0.05) is 13.1 Å². The standard InChI is InChI=1S/C24H25FN6O2/c1-15-6-5-13-30(19(15)14-26-24-29-17-7-3-4-8-20(17)33-24)23(32)21-18(31-27-11-12-28-31)10-9-16(2)22(21)25/h3-4,7-12,15,19H,5-6,13-14H2,1-2H3,(H,26,29). The van der Waals surface area contributed by atoms with E-state index in [1.165, 1.54) is 17.2 Å². The monoisotopic (exact) mass is 448 g/mol. The van der Waals surface area contributed by atoms with Crippen LogP contribution in [-0.4, -0.2) is 49.9 Å². The van der Waals surface area contributed by atoms with Gasteiger partial charge in [-0.3, -0.25) is 4.79 Å². The van der Waals surface area contributed by atoms with E-state index in [1.807, 2.05) is 24.3 Å². The maximum absolute atomic E-state index is 15.3. The fraction of sp³-hybridized carbons (Fsp3) is 0.333. The Bertz CT molecular complexity index is 1250. The number of oxazole rings is 1. The number of carbonyl (C=O) groups excluding carboxylic acids is 1. The number of aryl methyl sites for hydroxylation is 1. The van der Waals surface area contributed by atoms with Gasteiger partial charge >= 0.3 is 0 Å². The summed E-state index contributed by atoms with van der Waals surface area (Å²) in [6.45, 7) is 4.75. The van der Waals surface area contributed by atoms with Crippen LogP contribution in [0.5, 0.6) is 0 Å². The smallest absolute Gasteiger partial charge is 0.295 e. The first-order valence-electron chi connectivity index (χ1n) is 11.1. The summed E-state index contributed by atoms with van der Waals surface area (Å²) in [5, 5.41) is 11.5. The average Bonchev–Trinajstić information content (AvgIpc) is 3.49. The average molecular weight is 449 g/mol. The van der Waals surface area contributed by atoms with Crippen LogP contribution in [0.4, 0.5) is 10.4 Å². The number of likely N-dealkylation sites (tertiary alicyclic amines) is 1. The molecule has 1 amide bonds. The van der Waals surface area contributed by atoms with Crippen molar-refractivity contribution >= 4 is 23.0 Å². The highest BCUT2D eigenvalue weighted by Crippen LogP contribution is 2.29. The van der Waals surface area contributed by atoms with Gasteiger partial charge in [-0.15, -0.1) is 0 Å². The molecule has 2 aromatic carbocycles. The van der Waals surface area contributed by atoms with E-state index in [0.29, 0.717) is 35.9 Å². The molecule has 170 valence electrons. The first-order valence-corrected chi connectivity index (χ1v) is 11.1. The fourth-order valence-electron chi connectivity index (χ4n) is 4.48. The number of halogens is 1. The lowest BCUT2D eigenvalue weighted by molar-refractivity contribution is 0.0534. The number of piperidine rings is 1. The molecule has 4 aromatic rings. The van der Waals surface area contributed by atoms with Gasteiger partial charge in [-0.1, -0.05) is 25.1 Å². The van der Waals surface area contributed by atoms with Gasteiger partial charge in [-0.05, 0) is 49.4 Å². The van der Waals surface area contributed by atoms with Crippen molar-refractivity contribution in [2.45, 2.75) is 32.7 Å². The molecule has 2 atom stereocenters. The molecule has 1 N–H and O–H groups in total. The van der Waals surface area contributed by atoms with Crippen LogP contribution in [-0.2, 0) is 0 Å². The molecule has 0 spiro atoms. The molecule has 0 bridgehead atoms. The number of fused-ring (bicyclic) bond motifs is 1. The van der Waals surface area contributed by atoms with Crippen molar-refractivity contribution in [2.75, 3.05) is 18.4 Å². The van der Waals surface area contributed by atoms with Gasteiger partial charge in [0.15, 0.2) is 5.58 Å². The van der Waals surface area contributed by atoms with E-state index in [9.17, 15) is 4.79 Å². The second-order valence-corrected chi connectivity index (χ2v) is 8.46. The number of aromatic nitrogens is 4. The minimum absolute atomic E-state index is 0.00726. The maximum atomic E-state index is 15.3. The first-order chi connectivity index (χ1) is 16.0. The molecule has 0 radical (unpaired) electrons. The minimum atomic E-state index is -0.543. The minimum Gasteiger partial charge on any atom is -0.424 e. The second kappa shape index (κ2) is 8.65. The Morgan fingerprint density at radius 2 is 2.00 bits per heavy atom. The van der Waals surface area contributed by atoms with Crippen LogP contribution in [0.2, 0.25) is 0 Å². The van der Waals surface area contributed by atoms with Crippen molar-refractivity contribution in [1.82, 2.24) is 24.9 Å². The highest BCUT2D eigenvalue weighted by Gasteiger charge is 2.35. The summed E-state index contributed by atoms with van der Waals surface area (Å²) in [5.74, 6) is -0.683. The maximum Gasteiger partial charge on any atom is 0.295 e. The zero-order valence-electron chi connectivity index (χ0n) is 18.5. The molecule has 1 aliphatic heterocycles. The molecular formula is C24H25FN6O2. The molecular weight excluding hydrogens is 423 g/mol. The quantitative estimate of drug-likeness (QED) is 0.492. The van der Waals surface area contributed by atoms with Crippen molar-refractivity contribution in [2.24, 2.45) is 5.92 Å². The van der Waals surface area contributed by atoms with Crippen LogP contribution >= 0.6 is 0 Å². The van der Waals surface area contributed by atoms with Gasteiger partial charge in [-0.25, -0.2) is 4.39 Å². The molecule has 1 fully saturated rings. The number of nitrogens with one attached hydrogen (secondary N) is 1. The summed E-state index contributed by atoms with van der Waals surface area (Å²) in [6.07, 6.45) is 4.84. The van der Waals surface area contributed by atoms with Crippen molar-refractivity contribution in [1.29, 1.82) is 0 Å². The first kappa shape index (κ1) is 21.1. The largest absolute Gasteiger partial charge is 0.424 e. The van der Waals surface area contributed by atoms with Crippen molar-refractivity contribution in [3.63, 3.8) is 0 Å². The predicted octanol–water partition coefficient (Wildman–Crippen LogP) is 4.21. The third-order valence-corrected chi connectivity index (χ3v) is 6.29. The summed E-state index contributed by atoms with van der Waals surface area (Å²) in [4.78, 5) is 21.3. The number of nitrogens with zero attached hydrogens (tertiary/aromatic N) is 5. The van der Waals surface area contributed by atoms with Crippen LogP contribution in [0, 0.1) is 18.7 Å². The topological polar surface area (TPSA) is 89.1 Å². The van der Waals surface area contributed by atoms with Crippen LogP contribution in [0.15, 0.2) is 53.2 Å². The molecule has 0 aliphatic carbocycles. The number of benzene rings is 2. The van der Waals surface area contributed by atoms with Gasteiger partial charge < -0.3 is 14.6 Å². The molecule has 1 aliphatic rings. The third-order valence-electron chi connectivity index (χ3n) is 6.29. The number of rotatable bonds is 5. The van der Waals surface area contributed by atoms with E-state index in [4.69, 9.17) is 4.42 Å². The lowest BCUT2D eigenvalue weighted by Crippen LogP contribution is -2.51. The Morgan fingerprint density at radius 1 is 1.21 bits per heavy atom. The van der Waals surface area contributed by atoms with E-state index in [0.717, 1.165) is 18.4 Å². The molecule has 0 saturated carbocycles. The highest BCUT2D eigenvalue weighted by atomic mass is 19.1. The van der Waals surface area contributed by atoms with Crippen LogP contribution < -0.4 is 5.32 Å². The molecule has 2 aromatic heterocycles. The zero-order valence-corrected chi connectivity index (χ0v) is 18.5. The molecule has 33 heavy (non-hydrogen) atoms. The Kier molecular flexibility index (Phi) is 5.53. The lowest BCUT2D eigenvalue weighted by atomic mass is 9.89. The van der Waals surface area contributed by atoms with Crippen molar-refractivity contribution in [3.8, 4) is 5.69 Å². The van der Waals surface area contributed by atoms with Crippen molar-refractivity contribution in [3.05, 3.63) is 65.7 Å². The van der Waals surface area contributed by atoms with Crippen LogP contribution in [0.25, 0.3) is 16.8 Å². The molecule has 5 rings (SSSR count). The number of carbonyl (C=O) groups is 1. The van der Waals surface area contributed by atoms with Gasteiger partial charge in [0.2, 0.25) is 0 Å². The molecule has 2 unspecified atom stereocenters. The van der Waals surface area contributed by atoms with E-state index in [2.05, 4.69) is 27.4 Å². The zero-order chi connectivity index (χ0) is 22.9. The number of hydrogen-bond donors (Lipinski definition) is 1. The number of para-hydroxylation sites is 2. The Hall–Kier alpha value is -3.75. The van der Waals surface area contributed by atoms with Gasteiger partial charge in [0.05, 0.1) is 18.4 Å². The van der Waals surface area contributed by atoms with E-state index in [1.54, 1.807) is 24.0 Å². The summed E-state index contributed by atoms with van der Waals surface area (Å²) < 4.78 is 21.1. The van der Waals surface area contributed by atoms with E-state index < -0.39 is 5.82 Å². The SMILES string of the molecule is Cc1ccc(-n2nccn2)c(C(=O)N2CCCC(C)C2CNc2nc3ccccc3o2)c1F. The molecule has 3 heterocycles. The van der Waals surface area contributed by atoms with Gasteiger partial charge in [0.25, 0.3) is 11.9 Å². The highest BCUT2D eigenvalue weighted by molar-refractivity contribution is 5.98. The summed E-state index contributed by atoms with van der Waals surface area (Å²) in [6, 6.07) is 11.1. The summed E-state index contributed by atoms with van der Waals surface area (Å²) in [5.41, 5.74) is 2.19. The molecule has 1 saturated heterocycles. The number of hydrogen-bond acceptors (Lipinski definition) is 6. The van der Waals surface area contributed by atoms with E-state index in [-0.39, 0.29) is 23.4 Å². The summed E-state index contributed by atoms with van der Waals surface area (Å²) >= 11 is 0. The fourth-order valence-corrected chi connectivity index (χ4v) is 4.48. The van der Waals surface area contributed by atoms with Crippen molar-refractivity contribution < 1.29 is 13.6 Å². The van der Waals surface area contributed by atoms with Gasteiger partial charge in [-0.2, -0.15) is 20.0 Å². The third kappa shape index (κ3) is 3.94. The number of amides is 1. The molecule has 8 nitrogen and oxygen atoms in total. The summed E-state index contributed by atoms with van der Waals surface area (Å²) in [7, 11) is 0. The lowest BCUT2D eigenvalue weighted by Gasteiger charge is -2.40. The van der Waals surface area contributed by atoms with Gasteiger partial charge in [0.1, 0.15) is 22.6 Å². The van der Waals surface area contributed by atoms with E-state index >= 15 is 4.39 Å². The number of anilines is 1. The van der Waals surface area contributed by atoms with Crippen LogP contribution in [0.3, 0.4) is 0 Å². The Balaban J connectivity index is 1.44.